The number of nitrogens with zero attached hydrogens (tertiary/aromatic N) is 1. The van der Waals surface area contributed by atoms with E-state index in [2.05, 4.69) is 10.3 Å². The van der Waals surface area contributed by atoms with Crippen LogP contribution in [0.1, 0.15) is 5.76 Å². The van der Waals surface area contributed by atoms with Crippen LogP contribution in [0.4, 0.5) is 5.69 Å². The number of methoxy groups -OCH3 is 1. The standard InChI is InChI=1S/C21H16N2O4/c1-25-16-7-4-14(5-8-16)21-23-18-13-15(6-10-19(18)27-21)22-20(24)11-9-17-3-2-12-26-17/h2-13H,1H3,(H,22,24)/b11-9+. The molecule has 1 N–H and O–H groups in total. The molecular formula is C21H16N2O4. The molecule has 2 aromatic carbocycles. The molecule has 6 nitrogen and oxygen atoms in total. The van der Waals surface area contributed by atoms with Crippen LogP contribution in [0.15, 0.2) is 75.8 Å². The van der Waals surface area contributed by atoms with Gasteiger partial charge >= 0.3 is 0 Å². The minimum Gasteiger partial charge on any atom is -0.497 e. The van der Waals surface area contributed by atoms with E-state index >= 15 is 0 Å². The van der Waals surface area contributed by atoms with Crippen molar-refractivity contribution in [3.8, 4) is 17.2 Å². The van der Waals surface area contributed by atoms with E-state index in [1.807, 2.05) is 24.3 Å². The molecule has 2 heterocycles. The second kappa shape index (κ2) is 7.21. The van der Waals surface area contributed by atoms with Crippen molar-refractivity contribution in [2.45, 2.75) is 0 Å². The highest BCUT2D eigenvalue weighted by Crippen LogP contribution is 2.27. The Balaban J connectivity index is 1.52. The van der Waals surface area contributed by atoms with Crippen LogP contribution in [-0.2, 0) is 4.79 Å². The number of benzene rings is 2. The molecular weight excluding hydrogens is 344 g/mol. The molecule has 4 aromatic rings. The smallest absolute Gasteiger partial charge is 0.248 e. The molecule has 0 spiro atoms. The lowest BCUT2D eigenvalue weighted by molar-refractivity contribution is -0.111. The average Bonchev–Trinajstić information content (AvgIpc) is 3.36. The number of carbonyl (C=O) groups excluding carboxylic acids is 1. The third-order valence-corrected chi connectivity index (χ3v) is 3.93. The fourth-order valence-electron chi connectivity index (χ4n) is 2.59. The number of rotatable bonds is 5. The molecule has 0 unspecified atom stereocenters. The number of carbonyl (C=O) groups is 1. The first kappa shape index (κ1) is 16.7. The zero-order valence-corrected chi connectivity index (χ0v) is 14.5. The van der Waals surface area contributed by atoms with E-state index in [1.165, 1.54) is 6.08 Å². The Labute approximate surface area is 155 Å². The van der Waals surface area contributed by atoms with Crippen LogP contribution < -0.4 is 10.1 Å². The third-order valence-electron chi connectivity index (χ3n) is 3.93. The fraction of sp³-hybridized carbons (Fsp3) is 0.0476. The monoisotopic (exact) mass is 360 g/mol. The quantitative estimate of drug-likeness (QED) is 0.520. The van der Waals surface area contributed by atoms with Crippen LogP contribution in [0.2, 0.25) is 0 Å². The number of hydrogen-bond acceptors (Lipinski definition) is 5. The van der Waals surface area contributed by atoms with Crippen LogP contribution in [0.5, 0.6) is 5.75 Å². The highest BCUT2D eigenvalue weighted by molar-refractivity contribution is 6.02. The van der Waals surface area contributed by atoms with Gasteiger partial charge in [-0.25, -0.2) is 4.98 Å². The Hall–Kier alpha value is -3.80. The largest absolute Gasteiger partial charge is 0.497 e. The van der Waals surface area contributed by atoms with E-state index in [1.54, 1.807) is 49.8 Å². The van der Waals surface area contributed by atoms with Gasteiger partial charge in [-0.1, -0.05) is 0 Å². The predicted molar refractivity (Wildman–Crippen MR) is 102 cm³/mol. The van der Waals surface area contributed by atoms with Crippen LogP contribution in [-0.4, -0.2) is 18.0 Å². The zero-order valence-electron chi connectivity index (χ0n) is 14.5. The zero-order chi connectivity index (χ0) is 18.6. The number of amides is 1. The van der Waals surface area contributed by atoms with E-state index in [0.717, 1.165) is 11.3 Å². The number of aromatic nitrogens is 1. The van der Waals surface area contributed by atoms with Gasteiger partial charge in [-0.05, 0) is 60.7 Å². The summed E-state index contributed by atoms with van der Waals surface area (Å²) in [6.07, 6.45) is 4.57. The first-order chi connectivity index (χ1) is 13.2. The molecule has 0 atom stereocenters. The molecule has 27 heavy (non-hydrogen) atoms. The summed E-state index contributed by atoms with van der Waals surface area (Å²) < 4.78 is 16.1. The van der Waals surface area contributed by atoms with E-state index in [4.69, 9.17) is 13.6 Å². The summed E-state index contributed by atoms with van der Waals surface area (Å²) in [6.45, 7) is 0. The second-order valence-electron chi connectivity index (χ2n) is 5.77. The number of anilines is 1. The summed E-state index contributed by atoms with van der Waals surface area (Å²) in [5, 5.41) is 2.79. The van der Waals surface area contributed by atoms with Gasteiger partial charge in [0, 0.05) is 17.3 Å². The van der Waals surface area contributed by atoms with Crippen LogP contribution in [0, 0.1) is 0 Å². The molecule has 134 valence electrons. The summed E-state index contributed by atoms with van der Waals surface area (Å²) in [5.41, 5.74) is 2.78. The third kappa shape index (κ3) is 3.74. The van der Waals surface area contributed by atoms with E-state index in [0.29, 0.717) is 28.4 Å². The molecule has 1 amide bonds. The van der Waals surface area contributed by atoms with Gasteiger partial charge in [0.05, 0.1) is 13.4 Å². The maximum atomic E-state index is 12.0. The summed E-state index contributed by atoms with van der Waals surface area (Å²) in [7, 11) is 1.62. The van der Waals surface area contributed by atoms with E-state index < -0.39 is 0 Å². The molecule has 0 radical (unpaired) electrons. The fourth-order valence-corrected chi connectivity index (χ4v) is 2.59. The number of oxazole rings is 1. The van der Waals surface area contributed by atoms with Crippen molar-refractivity contribution < 1.29 is 18.4 Å². The van der Waals surface area contributed by atoms with Crippen molar-refractivity contribution in [3.63, 3.8) is 0 Å². The average molecular weight is 360 g/mol. The van der Waals surface area contributed by atoms with E-state index in [-0.39, 0.29) is 5.91 Å². The molecule has 0 aliphatic carbocycles. The van der Waals surface area contributed by atoms with E-state index in [9.17, 15) is 4.79 Å². The minimum atomic E-state index is -0.260. The maximum Gasteiger partial charge on any atom is 0.248 e. The summed E-state index contributed by atoms with van der Waals surface area (Å²) >= 11 is 0. The number of nitrogens with one attached hydrogen (secondary N) is 1. The maximum absolute atomic E-state index is 12.0. The Morgan fingerprint density at radius 1 is 1.15 bits per heavy atom. The Kier molecular flexibility index (Phi) is 4.45. The van der Waals surface area contributed by atoms with Crippen LogP contribution >= 0.6 is 0 Å². The molecule has 0 saturated heterocycles. The first-order valence-electron chi connectivity index (χ1n) is 8.29. The molecule has 0 aliphatic heterocycles. The number of furan rings is 1. The lowest BCUT2D eigenvalue weighted by Gasteiger charge is -2.00. The number of ether oxygens (including phenoxy) is 1. The van der Waals surface area contributed by atoms with Crippen molar-refractivity contribution >= 4 is 28.8 Å². The summed E-state index contributed by atoms with van der Waals surface area (Å²) in [5.74, 6) is 1.63. The Morgan fingerprint density at radius 2 is 2.00 bits per heavy atom. The molecule has 4 rings (SSSR count). The minimum absolute atomic E-state index is 0.260. The predicted octanol–water partition coefficient (Wildman–Crippen LogP) is 4.75. The molecule has 0 bridgehead atoms. The van der Waals surface area contributed by atoms with Gasteiger partial charge in [0.2, 0.25) is 11.8 Å². The van der Waals surface area contributed by atoms with Crippen LogP contribution in [0.25, 0.3) is 28.6 Å². The van der Waals surface area contributed by atoms with Gasteiger partial charge in [-0.2, -0.15) is 0 Å². The Morgan fingerprint density at radius 3 is 2.74 bits per heavy atom. The first-order valence-corrected chi connectivity index (χ1v) is 8.29. The number of hydrogen-bond donors (Lipinski definition) is 1. The molecule has 0 fully saturated rings. The van der Waals surface area contributed by atoms with Gasteiger partial charge < -0.3 is 18.9 Å². The lowest BCUT2D eigenvalue weighted by atomic mass is 10.2. The highest BCUT2D eigenvalue weighted by Gasteiger charge is 2.10. The van der Waals surface area contributed by atoms with Gasteiger partial charge in [0.15, 0.2) is 5.58 Å². The van der Waals surface area contributed by atoms with Gasteiger partial charge in [-0.3, -0.25) is 4.79 Å². The second-order valence-corrected chi connectivity index (χ2v) is 5.77. The van der Waals surface area contributed by atoms with Crippen LogP contribution in [0.3, 0.4) is 0 Å². The molecule has 0 saturated carbocycles. The van der Waals surface area contributed by atoms with Crippen molar-refractivity contribution in [1.82, 2.24) is 4.98 Å². The summed E-state index contributed by atoms with van der Waals surface area (Å²) in [4.78, 5) is 16.5. The summed E-state index contributed by atoms with van der Waals surface area (Å²) in [6, 6.07) is 16.3. The normalized spacial score (nSPS) is 11.1. The Bertz CT molecular complexity index is 1090. The molecule has 2 aromatic heterocycles. The van der Waals surface area contributed by atoms with Gasteiger partial charge in [0.25, 0.3) is 0 Å². The SMILES string of the molecule is COc1ccc(-c2nc3cc(NC(=O)/C=C/c4ccco4)ccc3o2)cc1. The lowest BCUT2D eigenvalue weighted by Crippen LogP contribution is -2.07. The molecule has 6 heteroatoms. The highest BCUT2D eigenvalue weighted by atomic mass is 16.5. The van der Waals surface area contributed by atoms with Gasteiger partial charge in [0.1, 0.15) is 17.0 Å². The topological polar surface area (TPSA) is 77.5 Å². The van der Waals surface area contributed by atoms with Crippen molar-refractivity contribution in [1.29, 1.82) is 0 Å². The van der Waals surface area contributed by atoms with Gasteiger partial charge in [-0.15, -0.1) is 0 Å². The number of fused-ring (bicyclic) bond motifs is 1. The van der Waals surface area contributed by atoms with Crippen molar-refractivity contribution in [2.24, 2.45) is 0 Å². The van der Waals surface area contributed by atoms with Crippen molar-refractivity contribution in [2.75, 3.05) is 12.4 Å². The molecule has 0 aliphatic rings. The van der Waals surface area contributed by atoms with Crippen molar-refractivity contribution in [3.05, 3.63) is 72.7 Å².